The fraction of sp³-hybridized carbons (Fsp3) is 0.625. The van der Waals surface area contributed by atoms with Crippen molar-refractivity contribution in [3.63, 3.8) is 0 Å². The molecule has 0 N–H and O–H groups in total. The first kappa shape index (κ1) is 9.36. The molecule has 12 heavy (non-hydrogen) atoms. The molecule has 0 aliphatic carbocycles. The minimum Gasteiger partial charge on any atom is -0.315 e. The smallest absolute Gasteiger partial charge is 0.164 e. The topological polar surface area (TPSA) is 32.7 Å². The Bertz CT molecular complexity index is 243. The number of thioether (sulfide) groups is 1. The maximum absolute atomic E-state index is 10.5. The zero-order valence-electron chi connectivity index (χ0n) is 7.33. The van der Waals surface area contributed by atoms with Gasteiger partial charge in [-0.1, -0.05) is 11.8 Å². The first-order valence-electron chi connectivity index (χ1n) is 4.02. The van der Waals surface area contributed by atoms with Crippen LogP contribution in [-0.4, -0.2) is 34.9 Å². The van der Waals surface area contributed by atoms with Crippen molar-refractivity contribution in [1.82, 2.24) is 4.90 Å². The second-order valence-electron chi connectivity index (χ2n) is 2.34. The van der Waals surface area contributed by atoms with E-state index in [0.717, 1.165) is 29.7 Å². The van der Waals surface area contributed by atoms with Crippen LogP contribution in [0.15, 0.2) is 10.7 Å². The molecule has 0 aromatic carbocycles. The summed E-state index contributed by atoms with van der Waals surface area (Å²) in [5.41, 5.74) is 0.717. The molecule has 0 amide bonds. The second-order valence-corrected chi connectivity index (χ2v) is 3.28. The molecule has 0 bridgehead atoms. The average molecular weight is 184 g/mol. The summed E-state index contributed by atoms with van der Waals surface area (Å²) in [6.07, 6.45) is 0. The minimum absolute atomic E-state index is 0.717. The fourth-order valence-corrected chi connectivity index (χ4v) is 2.18. The van der Waals surface area contributed by atoms with E-state index in [0.29, 0.717) is 0 Å². The molecule has 0 atom stereocenters. The molecule has 1 fully saturated rings. The van der Waals surface area contributed by atoms with Crippen LogP contribution in [0, 0.1) is 0 Å². The lowest BCUT2D eigenvalue weighted by Gasteiger charge is -2.13. The number of amidine groups is 1. The Balaban J connectivity index is 2.83. The van der Waals surface area contributed by atoms with Gasteiger partial charge in [-0.25, -0.2) is 4.79 Å². The Morgan fingerprint density at radius 2 is 2.42 bits per heavy atom. The monoisotopic (exact) mass is 184 g/mol. The van der Waals surface area contributed by atoms with Gasteiger partial charge in [0.2, 0.25) is 0 Å². The summed E-state index contributed by atoms with van der Waals surface area (Å²) in [4.78, 5) is 16.7. The van der Waals surface area contributed by atoms with Crippen molar-refractivity contribution in [2.75, 3.05) is 18.8 Å². The van der Waals surface area contributed by atoms with Crippen molar-refractivity contribution in [1.29, 1.82) is 0 Å². The molecule has 1 heterocycles. The maximum atomic E-state index is 10.5. The molecule has 66 valence electrons. The van der Waals surface area contributed by atoms with Crippen molar-refractivity contribution in [2.45, 2.75) is 13.8 Å². The molecule has 0 spiro atoms. The van der Waals surface area contributed by atoms with Crippen LogP contribution in [0.1, 0.15) is 13.8 Å². The molecule has 0 radical (unpaired) electrons. The SMILES string of the molecule is CCN=C1SCC(=C=O)N1CC. The van der Waals surface area contributed by atoms with E-state index in [-0.39, 0.29) is 0 Å². The number of hydrogen-bond donors (Lipinski definition) is 0. The lowest BCUT2D eigenvalue weighted by atomic mass is 10.5. The van der Waals surface area contributed by atoms with E-state index in [1.54, 1.807) is 11.8 Å². The van der Waals surface area contributed by atoms with Gasteiger partial charge in [-0.3, -0.25) is 4.99 Å². The highest BCUT2D eigenvalue weighted by Gasteiger charge is 2.23. The predicted molar refractivity (Wildman–Crippen MR) is 52.0 cm³/mol. The summed E-state index contributed by atoms with van der Waals surface area (Å²) in [6.45, 7) is 5.57. The normalized spacial score (nSPS) is 20.3. The van der Waals surface area contributed by atoms with Crippen LogP contribution in [0.3, 0.4) is 0 Å². The van der Waals surface area contributed by atoms with E-state index in [1.807, 2.05) is 24.7 Å². The van der Waals surface area contributed by atoms with Gasteiger partial charge < -0.3 is 4.90 Å². The predicted octanol–water partition coefficient (Wildman–Crippen LogP) is 1.15. The Labute approximate surface area is 76.5 Å². The number of aliphatic imine (C=N–C) groups is 1. The van der Waals surface area contributed by atoms with Gasteiger partial charge in [0.1, 0.15) is 11.6 Å². The number of nitrogens with zero attached hydrogens (tertiary/aromatic N) is 2. The van der Waals surface area contributed by atoms with Crippen LogP contribution in [0.4, 0.5) is 0 Å². The third-order valence-corrected chi connectivity index (χ3v) is 2.65. The van der Waals surface area contributed by atoms with E-state index in [2.05, 4.69) is 4.99 Å². The molecule has 4 heteroatoms. The molecular formula is C8H12N2OS. The summed E-state index contributed by atoms with van der Waals surface area (Å²) in [5.74, 6) is 2.66. The fourth-order valence-electron chi connectivity index (χ4n) is 1.08. The third kappa shape index (κ3) is 1.71. The number of rotatable bonds is 2. The molecule has 0 saturated carbocycles. The van der Waals surface area contributed by atoms with Crippen molar-refractivity contribution in [3.05, 3.63) is 5.70 Å². The van der Waals surface area contributed by atoms with Gasteiger partial charge >= 0.3 is 0 Å². The van der Waals surface area contributed by atoms with E-state index < -0.39 is 0 Å². The Morgan fingerprint density at radius 1 is 1.67 bits per heavy atom. The minimum atomic E-state index is 0.717. The van der Waals surface area contributed by atoms with Crippen molar-refractivity contribution < 1.29 is 4.79 Å². The van der Waals surface area contributed by atoms with Gasteiger partial charge in [-0.15, -0.1) is 0 Å². The van der Waals surface area contributed by atoms with Gasteiger partial charge in [0.15, 0.2) is 5.17 Å². The number of hydrogen-bond acceptors (Lipinski definition) is 3. The zero-order chi connectivity index (χ0) is 8.97. The Morgan fingerprint density at radius 3 is 2.92 bits per heavy atom. The first-order valence-corrected chi connectivity index (χ1v) is 5.00. The van der Waals surface area contributed by atoms with E-state index in [4.69, 9.17) is 0 Å². The van der Waals surface area contributed by atoms with Gasteiger partial charge in [-0.2, -0.15) is 0 Å². The molecular weight excluding hydrogens is 172 g/mol. The zero-order valence-corrected chi connectivity index (χ0v) is 8.15. The van der Waals surface area contributed by atoms with Crippen molar-refractivity contribution in [2.24, 2.45) is 4.99 Å². The molecule has 1 aliphatic rings. The van der Waals surface area contributed by atoms with Gasteiger partial charge in [0, 0.05) is 13.1 Å². The van der Waals surface area contributed by atoms with Crippen LogP contribution in [0.25, 0.3) is 0 Å². The molecule has 0 aromatic heterocycles. The maximum Gasteiger partial charge on any atom is 0.164 e. The van der Waals surface area contributed by atoms with Crippen LogP contribution >= 0.6 is 11.8 Å². The van der Waals surface area contributed by atoms with Crippen LogP contribution in [0.2, 0.25) is 0 Å². The molecule has 1 aliphatic heterocycles. The lowest BCUT2D eigenvalue weighted by Crippen LogP contribution is -2.22. The highest BCUT2D eigenvalue weighted by Crippen LogP contribution is 2.24. The average Bonchev–Trinajstić information content (AvgIpc) is 2.47. The molecule has 3 nitrogen and oxygen atoms in total. The largest absolute Gasteiger partial charge is 0.315 e. The summed E-state index contributed by atoms with van der Waals surface area (Å²) in [6, 6.07) is 0. The van der Waals surface area contributed by atoms with Crippen LogP contribution in [0.5, 0.6) is 0 Å². The van der Waals surface area contributed by atoms with Gasteiger partial charge in [-0.05, 0) is 13.8 Å². The highest BCUT2D eigenvalue weighted by molar-refractivity contribution is 8.14. The van der Waals surface area contributed by atoms with Crippen LogP contribution < -0.4 is 0 Å². The second kappa shape index (κ2) is 4.33. The standard InChI is InChI=1S/C8H12N2OS/c1-3-9-8-10(4-2)7(5-11)6-12-8/h3-4,6H2,1-2H3. The summed E-state index contributed by atoms with van der Waals surface area (Å²) < 4.78 is 0. The van der Waals surface area contributed by atoms with Crippen LogP contribution in [-0.2, 0) is 4.79 Å². The summed E-state index contributed by atoms with van der Waals surface area (Å²) in [7, 11) is 0. The summed E-state index contributed by atoms with van der Waals surface area (Å²) in [5, 5.41) is 0.957. The van der Waals surface area contributed by atoms with E-state index in [9.17, 15) is 4.79 Å². The molecule has 1 rings (SSSR count). The summed E-state index contributed by atoms with van der Waals surface area (Å²) >= 11 is 1.61. The molecule has 0 aromatic rings. The Hall–Kier alpha value is -0.730. The van der Waals surface area contributed by atoms with Crippen molar-refractivity contribution >= 4 is 22.9 Å². The van der Waals surface area contributed by atoms with E-state index in [1.165, 1.54) is 0 Å². The number of carbonyl (C=O) groups excluding carboxylic acids is 1. The quantitative estimate of drug-likeness (QED) is 0.603. The van der Waals surface area contributed by atoms with E-state index >= 15 is 0 Å². The molecule has 1 saturated heterocycles. The lowest BCUT2D eigenvalue weighted by molar-refractivity contribution is 0.535. The molecule has 0 unspecified atom stereocenters. The third-order valence-electron chi connectivity index (χ3n) is 1.62. The van der Waals surface area contributed by atoms with Gasteiger partial charge in [0.25, 0.3) is 0 Å². The highest BCUT2D eigenvalue weighted by atomic mass is 32.2. The Kier molecular flexibility index (Phi) is 3.38. The first-order chi connectivity index (χ1) is 5.83. The van der Waals surface area contributed by atoms with Crippen molar-refractivity contribution in [3.8, 4) is 0 Å². The van der Waals surface area contributed by atoms with Gasteiger partial charge in [0.05, 0.1) is 5.75 Å².